The van der Waals surface area contributed by atoms with Gasteiger partial charge in [0.25, 0.3) is 0 Å². The number of hydrogen-bond donors (Lipinski definition) is 1. The Bertz CT molecular complexity index is 752. The third kappa shape index (κ3) is 1.41. The summed E-state index contributed by atoms with van der Waals surface area (Å²) in [5, 5.41) is 4.70. The van der Waals surface area contributed by atoms with Crippen molar-refractivity contribution >= 4 is 34.0 Å². The molecule has 0 saturated heterocycles. The molecule has 0 saturated carbocycles. The number of hydrogen-bond acceptors (Lipinski definition) is 3. The minimum Gasteiger partial charge on any atom is -0.353 e. The van der Waals surface area contributed by atoms with Crippen LogP contribution in [0.4, 0.5) is 11.4 Å². The minimum atomic E-state index is 1.03. The first-order valence-corrected chi connectivity index (χ1v) is 6.65. The molecule has 0 aliphatic carbocycles. The van der Waals surface area contributed by atoms with E-state index in [9.17, 15) is 0 Å². The smallest absolute Gasteiger partial charge is 0.0723 e. The Kier molecular flexibility index (Phi) is 2.08. The number of para-hydroxylation sites is 2. The van der Waals surface area contributed by atoms with Crippen molar-refractivity contribution in [2.24, 2.45) is 0 Å². The van der Waals surface area contributed by atoms with Crippen LogP contribution in [0.3, 0.4) is 0 Å². The number of fused-ring (bicyclic) bond motifs is 4. The molecule has 1 aliphatic heterocycles. The lowest BCUT2D eigenvalue weighted by molar-refractivity contribution is 1.26. The van der Waals surface area contributed by atoms with Crippen LogP contribution in [-0.2, 0) is 0 Å². The van der Waals surface area contributed by atoms with E-state index in [1.54, 1.807) is 11.8 Å². The van der Waals surface area contributed by atoms with Gasteiger partial charge >= 0.3 is 0 Å². The zero-order valence-corrected chi connectivity index (χ0v) is 10.4. The van der Waals surface area contributed by atoms with Crippen molar-refractivity contribution in [2.45, 2.75) is 9.79 Å². The maximum absolute atomic E-state index is 4.51. The molecule has 0 unspecified atom stereocenters. The van der Waals surface area contributed by atoms with Crippen LogP contribution in [0.15, 0.2) is 64.5 Å². The normalized spacial score (nSPS) is 12.7. The number of rotatable bonds is 0. The SMILES string of the molecule is c1ccc2c(c1)Nc1c(cnc3ccccc13)S2. The number of nitrogens with one attached hydrogen (secondary N) is 1. The molecule has 1 aliphatic rings. The highest BCUT2D eigenvalue weighted by Gasteiger charge is 2.17. The van der Waals surface area contributed by atoms with E-state index in [0.29, 0.717) is 0 Å². The summed E-state index contributed by atoms with van der Waals surface area (Å²) in [6.07, 6.45) is 1.95. The first-order valence-electron chi connectivity index (χ1n) is 5.83. The molecule has 3 heteroatoms. The molecule has 2 nitrogen and oxygen atoms in total. The van der Waals surface area contributed by atoms with E-state index >= 15 is 0 Å². The van der Waals surface area contributed by atoms with Crippen LogP contribution in [0.1, 0.15) is 0 Å². The van der Waals surface area contributed by atoms with Crippen LogP contribution in [0, 0.1) is 0 Å². The largest absolute Gasteiger partial charge is 0.353 e. The zero-order chi connectivity index (χ0) is 11.9. The van der Waals surface area contributed by atoms with Gasteiger partial charge in [0.15, 0.2) is 0 Å². The quantitative estimate of drug-likeness (QED) is 0.499. The number of aromatic nitrogens is 1. The molecule has 2 aromatic carbocycles. The second kappa shape index (κ2) is 3.75. The summed E-state index contributed by atoms with van der Waals surface area (Å²) in [4.78, 5) is 6.95. The van der Waals surface area contributed by atoms with Crippen LogP contribution in [0.2, 0.25) is 0 Å². The van der Waals surface area contributed by atoms with E-state index < -0.39 is 0 Å². The van der Waals surface area contributed by atoms with Gasteiger partial charge in [-0.25, -0.2) is 0 Å². The second-order valence-electron chi connectivity index (χ2n) is 4.24. The molecule has 86 valence electrons. The van der Waals surface area contributed by atoms with Gasteiger partial charge in [0.05, 0.1) is 21.8 Å². The maximum atomic E-state index is 4.51. The molecule has 0 fully saturated rings. The van der Waals surface area contributed by atoms with E-state index in [1.165, 1.54) is 26.6 Å². The van der Waals surface area contributed by atoms with Crippen molar-refractivity contribution in [1.82, 2.24) is 4.98 Å². The van der Waals surface area contributed by atoms with Crippen molar-refractivity contribution in [3.63, 3.8) is 0 Å². The number of benzene rings is 2. The van der Waals surface area contributed by atoms with Gasteiger partial charge in [-0.15, -0.1) is 0 Å². The van der Waals surface area contributed by atoms with Gasteiger partial charge in [0.1, 0.15) is 0 Å². The average Bonchev–Trinajstić information content (AvgIpc) is 2.45. The fourth-order valence-corrected chi connectivity index (χ4v) is 3.22. The highest BCUT2D eigenvalue weighted by Crippen LogP contribution is 2.45. The van der Waals surface area contributed by atoms with Crippen molar-refractivity contribution in [1.29, 1.82) is 0 Å². The summed E-state index contributed by atoms with van der Waals surface area (Å²) >= 11 is 1.77. The highest BCUT2D eigenvalue weighted by molar-refractivity contribution is 7.99. The van der Waals surface area contributed by atoms with E-state index in [4.69, 9.17) is 0 Å². The molecule has 4 rings (SSSR count). The molecule has 0 spiro atoms. The second-order valence-corrected chi connectivity index (χ2v) is 5.32. The van der Waals surface area contributed by atoms with Crippen molar-refractivity contribution in [3.8, 4) is 0 Å². The third-order valence-corrected chi connectivity index (χ3v) is 4.21. The van der Waals surface area contributed by atoms with Crippen LogP contribution < -0.4 is 5.32 Å². The Morgan fingerprint density at radius 3 is 2.72 bits per heavy atom. The topological polar surface area (TPSA) is 24.9 Å². The predicted octanol–water partition coefficient (Wildman–Crippen LogP) is 4.44. The summed E-state index contributed by atoms with van der Waals surface area (Å²) in [6, 6.07) is 16.6. The maximum Gasteiger partial charge on any atom is 0.0723 e. The number of anilines is 2. The Balaban J connectivity index is 1.98. The van der Waals surface area contributed by atoms with Gasteiger partial charge in [-0.1, -0.05) is 42.1 Å². The summed E-state index contributed by atoms with van der Waals surface area (Å²) in [6.45, 7) is 0. The predicted molar refractivity (Wildman–Crippen MR) is 75.6 cm³/mol. The van der Waals surface area contributed by atoms with E-state index in [1.807, 2.05) is 18.3 Å². The Labute approximate surface area is 109 Å². The van der Waals surface area contributed by atoms with Crippen LogP contribution >= 0.6 is 11.8 Å². The van der Waals surface area contributed by atoms with Gasteiger partial charge in [-0.3, -0.25) is 4.98 Å². The molecule has 18 heavy (non-hydrogen) atoms. The fraction of sp³-hybridized carbons (Fsp3) is 0. The summed E-state index contributed by atoms with van der Waals surface area (Å²) in [5.41, 5.74) is 3.37. The Morgan fingerprint density at radius 1 is 0.889 bits per heavy atom. The molecule has 0 amide bonds. The van der Waals surface area contributed by atoms with Crippen LogP contribution in [0.5, 0.6) is 0 Å². The molecular formula is C15H10N2S. The summed E-state index contributed by atoms with van der Waals surface area (Å²) in [5.74, 6) is 0. The number of nitrogens with zero attached hydrogens (tertiary/aromatic N) is 1. The summed E-state index contributed by atoms with van der Waals surface area (Å²) < 4.78 is 0. The first kappa shape index (κ1) is 9.97. The monoisotopic (exact) mass is 250 g/mol. The first-order chi connectivity index (χ1) is 8.92. The van der Waals surface area contributed by atoms with Crippen LogP contribution in [-0.4, -0.2) is 4.98 Å². The lowest BCUT2D eigenvalue weighted by atomic mass is 10.1. The lowest BCUT2D eigenvalue weighted by Crippen LogP contribution is -2.01. The van der Waals surface area contributed by atoms with E-state index in [0.717, 1.165) is 5.52 Å². The molecule has 0 atom stereocenters. The minimum absolute atomic E-state index is 1.03. The average molecular weight is 250 g/mol. The Morgan fingerprint density at radius 2 is 1.72 bits per heavy atom. The van der Waals surface area contributed by atoms with Gasteiger partial charge < -0.3 is 5.32 Å². The van der Waals surface area contributed by atoms with Gasteiger partial charge in [0, 0.05) is 16.5 Å². The summed E-state index contributed by atoms with van der Waals surface area (Å²) in [7, 11) is 0. The fourth-order valence-electron chi connectivity index (χ4n) is 2.24. The highest BCUT2D eigenvalue weighted by atomic mass is 32.2. The van der Waals surface area contributed by atoms with Gasteiger partial charge in [-0.2, -0.15) is 0 Å². The molecule has 0 radical (unpaired) electrons. The van der Waals surface area contributed by atoms with Gasteiger partial charge in [-0.05, 0) is 18.2 Å². The third-order valence-electron chi connectivity index (χ3n) is 3.11. The molecule has 1 N–H and O–H groups in total. The molecule has 3 aromatic rings. The van der Waals surface area contributed by atoms with Gasteiger partial charge in [0.2, 0.25) is 0 Å². The van der Waals surface area contributed by atoms with Crippen LogP contribution in [0.25, 0.3) is 10.9 Å². The zero-order valence-electron chi connectivity index (χ0n) is 9.55. The standard InChI is InChI=1S/C15H10N2S/c1-2-6-11-10(5-1)15-14(9-16-11)18-13-8-4-3-7-12(13)17-15/h1-9,17H. The number of pyridine rings is 1. The molecule has 2 heterocycles. The van der Waals surface area contributed by atoms with E-state index in [-0.39, 0.29) is 0 Å². The molecule has 0 bridgehead atoms. The van der Waals surface area contributed by atoms with Crippen molar-refractivity contribution in [2.75, 3.05) is 5.32 Å². The van der Waals surface area contributed by atoms with Crippen molar-refractivity contribution in [3.05, 3.63) is 54.7 Å². The Hall–Kier alpha value is -2.00. The molecular weight excluding hydrogens is 240 g/mol. The van der Waals surface area contributed by atoms with E-state index in [2.05, 4.69) is 46.7 Å². The molecule has 1 aromatic heterocycles. The van der Waals surface area contributed by atoms with Crippen molar-refractivity contribution < 1.29 is 0 Å². The lowest BCUT2D eigenvalue weighted by Gasteiger charge is -2.21.